The summed E-state index contributed by atoms with van der Waals surface area (Å²) in [7, 11) is 0. The maximum absolute atomic E-state index is 10.3. The molecule has 0 aliphatic rings. The molecular formula is C10H17NOS. The molecule has 13 heavy (non-hydrogen) atoms. The summed E-state index contributed by atoms with van der Waals surface area (Å²) < 4.78 is 0. The van der Waals surface area contributed by atoms with Crippen LogP contribution in [0.2, 0.25) is 0 Å². The highest BCUT2D eigenvalue weighted by atomic mass is 32.1. The van der Waals surface area contributed by atoms with E-state index in [-0.39, 0.29) is 5.92 Å². The highest BCUT2D eigenvalue weighted by Gasteiger charge is 2.31. The van der Waals surface area contributed by atoms with E-state index in [0.717, 1.165) is 10.4 Å². The zero-order valence-electron chi connectivity index (χ0n) is 8.37. The van der Waals surface area contributed by atoms with Crippen LogP contribution < -0.4 is 5.73 Å². The number of aliphatic hydroxyl groups is 1. The molecule has 0 amide bonds. The Labute approximate surface area is 83.4 Å². The Morgan fingerprint density at radius 2 is 2.31 bits per heavy atom. The van der Waals surface area contributed by atoms with Gasteiger partial charge in [0.25, 0.3) is 0 Å². The average Bonchev–Trinajstić information content (AvgIpc) is 2.50. The Morgan fingerprint density at radius 3 is 2.69 bits per heavy atom. The Kier molecular flexibility index (Phi) is 3.11. The van der Waals surface area contributed by atoms with E-state index in [0.29, 0.717) is 6.54 Å². The van der Waals surface area contributed by atoms with Crippen LogP contribution in [0.15, 0.2) is 11.4 Å². The number of nitrogens with two attached hydrogens (primary N) is 1. The van der Waals surface area contributed by atoms with E-state index in [2.05, 4.69) is 0 Å². The van der Waals surface area contributed by atoms with E-state index in [4.69, 9.17) is 5.73 Å². The van der Waals surface area contributed by atoms with Crippen molar-refractivity contribution in [1.82, 2.24) is 0 Å². The molecule has 74 valence electrons. The van der Waals surface area contributed by atoms with Crippen molar-refractivity contribution in [2.75, 3.05) is 6.54 Å². The predicted molar refractivity (Wildman–Crippen MR) is 56.8 cm³/mol. The first-order valence-electron chi connectivity index (χ1n) is 4.47. The molecule has 1 heterocycles. The topological polar surface area (TPSA) is 46.2 Å². The molecule has 1 rings (SSSR count). The lowest BCUT2D eigenvalue weighted by molar-refractivity contribution is 0.00823. The van der Waals surface area contributed by atoms with Crippen molar-refractivity contribution in [3.8, 4) is 0 Å². The van der Waals surface area contributed by atoms with E-state index < -0.39 is 5.60 Å². The van der Waals surface area contributed by atoms with E-state index >= 15 is 0 Å². The summed E-state index contributed by atoms with van der Waals surface area (Å²) in [5, 5.41) is 12.3. The number of thiophene rings is 1. The van der Waals surface area contributed by atoms with E-state index in [9.17, 15) is 5.11 Å². The van der Waals surface area contributed by atoms with Gasteiger partial charge in [-0.05, 0) is 37.4 Å². The van der Waals surface area contributed by atoms with E-state index in [1.54, 1.807) is 11.3 Å². The summed E-state index contributed by atoms with van der Waals surface area (Å²) in [6.07, 6.45) is 0. The summed E-state index contributed by atoms with van der Waals surface area (Å²) >= 11 is 1.59. The summed E-state index contributed by atoms with van der Waals surface area (Å²) in [6.45, 7) is 6.33. The normalized spacial score (nSPS) is 18.2. The lowest BCUT2D eigenvalue weighted by Crippen LogP contribution is -2.34. The summed E-state index contributed by atoms with van der Waals surface area (Å²) in [5.74, 6) is 0.0878. The van der Waals surface area contributed by atoms with Crippen LogP contribution in [0.25, 0.3) is 0 Å². The van der Waals surface area contributed by atoms with Crippen molar-refractivity contribution in [3.05, 3.63) is 21.9 Å². The van der Waals surface area contributed by atoms with Crippen molar-refractivity contribution >= 4 is 11.3 Å². The van der Waals surface area contributed by atoms with E-state index in [1.807, 2.05) is 32.2 Å². The molecule has 3 heteroatoms. The van der Waals surface area contributed by atoms with Crippen LogP contribution >= 0.6 is 11.3 Å². The average molecular weight is 199 g/mol. The Hall–Kier alpha value is -0.380. The zero-order chi connectivity index (χ0) is 10.1. The van der Waals surface area contributed by atoms with E-state index in [1.165, 1.54) is 0 Å². The third-order valence-electron chi connectivity index (χ3n) is 2.63. The van der Waals surface area contributed by atoms with Gasteiger partial charge in [0.15, 0.2) is 0 Å². The number of hydrogen-bond donors (Lipinski definition) is 2. The van der Waals surface area contributed by atoms with Crippen LogP contribution in [0.3, 0.4) is 0 Å². The second-order valence-electron chi connectivity index (χ2n) is 3.72. The van der Waals surface area contributed by atoms with Gasteiger partial charge in [-0.1, -0.05) is 6.92 Å². The molecular weight excluding hydrogens is 182 g/mol. The fourth-order valence-corrected chi connectivity index (χ4v) is 2.45. The highest BCUT2D eigenvalue weighted by molar-refractivity contribution is 7.10. The standard InChI is InChI=1S/C10H17NOS/c1-7-4-5-13-9(7)10(3,12)8(2)6-11/h4-5,8,12H,6,11H2,1-3H3. The molecule has 0 fully saturated rings. The first-order valence-corrected chi connectivity index (χ1v) is 5.35. The second-order valence-corrected chi connectivity index (χ2v) is 4.63. The molecule has 0 saturated carbocycles. The molecule has 0 aliphatic heterocycles. The fraction of sp³-hybridized carbons (Fsp3) is 0.600. The van der Waals surface area contributed by atoms with Crippen molar-refractivity contribution in [1.29, 1.82) is 0 Å². The number of hydrogen-bond acceptors (Lipinski definition) is 3. The van der Waals surface area contributed by atoms with Crippen molar-refractivity contribution in [2.45, 2.75) is 26.4 Å². The van der Waals surface area contributed by atoms with Gasteiger partial charge in [-0.15, -0.1) is 11.3 Å². The van der Waals surface area contributed by atoms with Gasteiger partial charge in [-0.3, -0.25) is 0 Å². The minimum atomic E-state index is -0.785. The second kappa shape index (κ2) is 3.78. The summed E-state index contributed by atoms with van der Waals surface area (Å²) in [5.41, 5.74) is 5.92. The zero-order valence-corrected chi connectivity index (χ0v) is 9.19. The minimum Gasteiger partial charge on any atom is -0.384 e. The van der Waals surface area contributed by atoms with Crippen LogP contribution in [0.5, 0.6) is 0 Å². The molecule has 0 aliphatic carbocycles. The van der Waals surface area contributed by atoms with Gasteiger partial charge >= 0.3 is 0 Å². The minimum absolute atomic E-state index is 0.0878. The molecule has 2 atom stereocenters. The molecule has 3 N–H and O–H groups in total. The molecule has 0 aromatic carbocycles. The Balaban J connectivity index is 2.99. The van der Waals surface area contributed by atoms with Crippen molar-refractivity contribution in [3.63, 3.8) is 0 Å². The quantitative estimate of drug-likeness (QED) is 0.780. The smallest absolute Gasteiger partial charge is 0.0999 e. The van der Waals surface area contributed by atoms with Gasteiger partial charge in [0.2, 0.25) is 0 Å². The molecule has 0 radical (unpaired) electrons. The number of aryl methyl sites for hydroxylation is 1. The van der Waals surface area contributed by atoms with Gasteiger partial charge in [0.05, 0.1) is 5.60 Å². The summed E-state index contributed by atoms with van der Waals surface area (Å²) in [6, 6.07) is 2.03. The van der Waals surface area contributed by atoms with Crippen LogP contribution in [-0.2, 0) is 5.60 Å². The molecule has 0 bridgehead atoms. The molecule has 2 unspecified atom stereocenters. The Morgan fingerprint density at radius 1 is 1.69 bits per heavy atom. The monoisotopic (exact) mass is 199 g/mol. The lowest BCUT2D eigenvalue weighted by atomic mass is 9.88. The summed E-state index contributed by atoms with van der Waals surface area (Å²) in [4.78, 5) is 1.03. The third kappa shape index (κ3) is 1.93. The first kappa shape index (κ1) is 10.7. The van der Waals surface area contributed by atoms with Gasteiger partial charge in [0.1, 0.15) is 0 Å². The third-order valence-corrected chi connectivity index (χ3v) is 3.88. The Bertz CT molecular complexity index is 280. The molecule has 0 spiro atoms. The van der Waals surface area contributed by atoms with Crippen LogP contribution in [-0.4, -0.2) is 11.7 Å². The van der Waals surface area contributed by atoms with Crippen molar-refractivity contribution < 1.29 is 5.11 Å². The maximum Gasteiger partial charge on any atom is 0.0999 e. The van der Waals surface area contributed by atoms with Crippen molar-refractivity contribution in [2.24, 2.45) is 11.7 Å². The van der Waals surface area contributed by atoms with Gasteiger partial charge in [-0.25, -0.2) is 0 Å². The molecule has 1 aromatic rings. The maximum atomic E-state index is 10.3. The SMILES string of the molecule is Cc1ccsc1C(C)(O)C(C)CN. The predicted octanol–water partition coefficient (Wildman–Crippen LogP) is 1.86. The lowest BCUT2D eigenvalue weighted by Gasteiger charge is -2.29. The van der Waals surface area contributed by atoms with Crippen LogP contribution in [0.1, 0.15) is 24.3 Å². The van der Waals surface area contributed by atoms with Gasteiger partial charge < -0.3 is 10.8 Å². The molecule has 1 aromatic heterocycles. The largest absolute Gasteiger partial charge is 0.384 e. The number of rotatable bonds is 3. The first-order chi connectivity index (χ1) is 6.00. The van der Waals surface area contributed by atoms with Crippen LogP contribution in [0, 0.1) is 12.8 Å². The van der Waals surface area contributed by atoms with Gasteiger partial charge in [-0.2, -0.15) is 0 Å². The molecule has 0 saturated heterocycles. The fourth-order valence-electron chi connectivity index (χ4n) is 1.34. The highest BCUT2D eigenvalue weighted by Crippen LogP contribution is 2.34. The van der Waals surface area contributed by atoms with Crippen LogP contribution in [0.4, 0.5) is 0 Å². The molecule has 2 nitrogen and oxygen atoms in total. The van der Waals surface area contributed by atoms with Gasteiger partial charge in [0, 0.05) is 10.8 Å².